The summed E-state index contributed by atoms with van der Waals surface area (Å²) in [4.78, 5) is 18.5. The van der Waals surface area contributed by atoms with Crippen molar-refractivity contribution in [2.45, 2.75) is 25.7 Å². The predicted octanol–water partition coefficient (Wildman–Crippen LogP) is 1.11. The van der Waals surface area contributed by atoms with Crippen LogP contribution in [-0.4, -0.2) is 49.7 Å². The van der Waals surface area contributed by atoms with Crippen molar-refractivity contribution in [3.8, 4) is 0 Å². The minimum atomic E-state index is -0.484. The number of rotatable bonds is 13. The molecular formula is C15H27N7O3S. The molecule has 0 atom stereocenters. The summed E-state index contributed by atoms with van der Waals surface area (Å²) in [6.45, 7) is 1.71. The maximum Gasteiger partial charge on any atom is 0.274 e. The van der Waals surface area contributed by atoms with Gasteiger partial charge in [-0.1, -0.05) is 6.42 Å². The molecule has 146 valence electrons. The summed E-state index contributed by atoms with van der Waals surface area (Å²) in [6, 6.07) is 0. The third kappa shape index (κ3) is 9.79. The fourth-order valence-electron chi connectivity index (χ4n) is 2.02. The Hall–Kier alpha value is -2.40. The molecule has 0 aliphatic rings. The van der Waals surface area contributed by atoms with Crippen LogP contribution in [0.5, 0.6) is 0 Å². The number of nitrogens with zero attached hydrogens (tertiary/aromatic N) is 3. The zero-order chi connectivity index (χ0) is 19.2. The normalized spacial score (nSPS) is 12.1. The van der Waals surface area contributed by atoms with E-state index < -0.39 is 4.92 Å². The number of guanidine groups is 1. The third-order valence-electron chi connectivity index (χ3n) is 3.29. The monoisotopic (exact) mass is 385 g/mol. The van der Waals surface area contributed by atoms with E-state index in [4.69, 9.17) is 10.5 Å². The van der Waals surface area contributed by atoms with Gasteiger partial charge in [0.05, 0.1) is 23.8 Å². The van der Waals surface area contributed by atoms with Crippen molar-refractivity contribution in [1.82, 2.24) is 15.6 Å². The zero-order valence-corrected chi connectivity index (χ0v) is 16.0. The lowest BCUT2D eigenvalue weighted by atomic mass is 10.1. The van der Waals surface area contributed by atoms with E-state index in [0.29, 0.717) is 31.5 Å². The van der Waals surface area contributed by atoms with Crippen molar-refractivity contribution in [2.75, 3.05) is 39.2 Å². The highest BCUT2D eigenvalue weighted by Crippen LogP contribution is 2.17. The summed E-state index contributed by atoms with van der Waals surface area (Å²) in [5.74, 6) is 0.743. The van der Waals surface area contributed by atoms with Crippen LogP contribution in [0.1, 0.15) is 25.0 Å². The van der Waals surface area contributed by atoms with Gasteiger partial charge in [0.15, 0.2) is 16.9 Å². The molecule has 0 spiro atoms. The van der Waals surface area contributed by atoms with Crippen molar-refractivity contribution < 1.29 is 9.66 Å². The molecule has 0 saturated heterocycles. The summed E-state index contributed by atoms with van der Waals surface area (Å²) < 4.78 is 4.91. The maximum atomic E-state index is 10.4. The summed E-state index contributed by atoms with van der Waals surface area (Å²) in [5.41, 5.74) is 6.78. The molecule has 1 aromatic heterocycles. The number of hydrogen-bond acceptors (Lipinski definition) is 8. The number of anilines is 1. The molecule has 26 heavy (non-hydrogen) atoms. The number of ether oxygens (including phenoxy) is 1. The van der Waals surface area contributed by atoms with Gasteiger partial charge in [-0.2, -0.15) is 0 Å². The second kappa shape index (κ2) is 12.9. The number of aromatic nitrogens is 1. The van der Waals surface area contributed by atoms with E-state index in [-0.39, 0.29) is 0 Å². The first-order valence-electron chi connectivity index (χ1n) is 8.32. The Morgan fingerprint density at radius 3 is 3.00 bits per heavy atom. The Morgan fingerprint density at radius 1 is 1.50 bits per heavy atom. The Labute approximate surface area is 157 Å². The number of aliphatic imine (C=N–C) groups is 1. The lowest BCUT2D eigenvalue weighted by Gasteiger charge is -2.07. The number of thiazole rings is 1. The summed E-state index contributed by atoms with van der Waals surface area (Å²) in [6.07, 6.45) is 4.72. The van der Waals surface area contributed by atoms with Crippen LogP contribution in [0.4, 0.5) is 5.13 Å². The number of nitrogens with one attached hydrogen (secondary N) is 3. The Kier molecular flexibility index (Phi) is 10.7. The second-order valence-electron chi connectivity index (χ2n) is 5.34. The van der Waals surface area contributed by atoms with E-state index in [2.05, 4.69) is 25.9 Å². The van der Waals surface area contributed by atoms with Crippen molar-refractivity contribution in [3.05, 3.63) is 33.2 Å². The van der Waals surface area contributed by atoms with E-state index in [1.165, 1.54) is 11.3 Å². The number of unbranched alkanes of at least 4 members (excludes halogenated alkanes) is 2. The van der Waals surface area contributed by atoms with Crippen LogP contribution in [0.25, 0.3) is 0 Å². The van der Waals surface area contributed by atoms with Crippen LogP contribution < -0.4 is 21.7 Å². The quantitative estimate of drug-likeness (QED) is 0.130. The van der Waals surface area contributed by atoms with Crippen molar-refractivity contribution in [3.63, 3.8) is 0 Å². The maximum absolute atomic E-state index is 10.4. The van der Waals surface area contributed by atoms with E-state index >= 15 is 0 Å². The lowest BCUT2D eigenvalue weighted by Crippen LogP contribution is -2.25. The fraction of sp³-hybridized carbons (Fsp3) is 0.600. The molecule has 0 fully saturated rings. The van der Waals surface area contributed by atoms with E-state index in [1.54, 1.807) is 14.2 Å². The molecule has 1 aromatic rings. The molecule has 0 unspecified atom stereocenters. The average Bonchev–Trinajstić information content (AvgIpc) is 3.03. The van der Waals surface area contributed by atoms with Crippen LogP contribution in [0.3, 0.4) is 0 Å². The van der Waals surface area contributed by atoms with Crippen LogP contribution in [0.15, 0.2) is 22.4 Å². The largest absolute Gasteiger partial charge is 0.383 e. The van der Waals surface area contributed by atoms with Gasteiger partial charge in [-0.15, -0.1) is 11.3 Å². The minimum Gasteiger partial charge on any atom is -0.383 e. The minimum absolute atomic E-state index is 0.331. The van der Waals surface area contributed by atoms with E-state index in [9.17, 15) is 10.1 Å². The van der Waals surface area contributed by atoms with E-state index in [1.807, 2.05) is 5.38 Å². The molecule has 0 radical (unpaired) electrons. The molecule has 1 heterocycles. The van der Waals surface area contributed by atoms with Crippen LogP contribution in [-0.2, 0) is 11.2 Å². The lowest BCUT2D eigenvalue weighted by molar-refractivity contribution is -0.404. The van der Waals surface area contributed by atoms with Gasteiger partial charge in [0.25, 0.3) is 6.20 Å². The van der Waals surface area contributed by atoms with Gasteiger partial charge in [-0.3, -0.25) is 15.1 Å². The number of methoxy groups -OCH3 is 1. The molecule has 1 rings (SSSR count). The molecule has 0 aromatic carbocycles. The van der Waals surface area contributed by atoms with Crippen molar-refractivity contribution >= 4 is 22.4 Å². The molecule has 0 aliphatic heterocycles. The van der Waals surface area contributed by atoms with Gasteiger partial charge in [0, 0.05) is 26.1 Å². The van der Waals surface area contributed by atoms with Crippen LogP contribution >= 0.6 is 11.3 Å². The second-order valence-corrected chi connectivity index (χ2v) is 6.20. The highest BCUT2D eigenvalue weighted by Gasteiger charge is 2.04. The number of aryl methyl sites for hydroxylation is 1. The number of hydrogen-bond donors (Lipinski definition) is 4. The number of nitro groups is 1. The number of nitrogens with two attached hydrogens (primary N) is 1. The Bertz CT molecular complexity index is 604. The summed E-state index contributed by atoms with van der Waals surface area (Å²) in [7, 11) is 3.26. The molecule has 0 aliphatic carbocycles. The van der Waals surface area contributed by atoms with Crippen LogP contribution in [0, 0.1) is 10.1 Å². The van der Waals surface area contributed by atoms with Gasteiger partial charge >= 0.3 is 0 Å². The standard InChI is InChI=1S/C15H27N7O3S/c1-17-13(10-22(23)24)18-7-5-3-4-6-12-11-26-15(20-12)21-14(16)19-8-9-25-2/h10-11,17-18H,3-9H2,1-2H3,(H3,16,19,20,21). The summed E-state index contributed by atoms with van der Waals surface area (Å²) >= 11 is 1.49. The molecular weight excluding hydrogens is 358 g/mol. The van der Waals surface area contributed by atoms with E-state index in [0.717, 1.165) is 42.7 Å². The average molecular weight is 385 g/mol. The smallest absolute Gasteiger partial charge is 0.274 e. The Balaban J connectivity index is 2.21. The molecule has 5 N–H and O–H groups in total. The van der Waals surface area contributed by atoms with Gasteiger partial charge < -0.3 is 26.4 Å². The third-order valence-corrected chi connectivity index (χ3v) is 4.10. The van der Waals surface area contributed by atoms with Gasteiger partial charge in [-0.25, -0.2) is 4.98 Å². The van der Waals surface area contributed by atoms with Crippen molar-refractivity contribution in [1.29, 1.82) is 0 Å². The SMILES string of the molecule is CNC(=C[N+](=O)[O-])NCCCCCc1csc(NC(N)=NCCOC)n1. The Morgan fingerprint density at radius 2 is 2.31 bits per heavy atom. The first-order valence-corrected chi connectivity index (χ1v) is 9.20. The van der Waals surface area contributed by atoms with Crippen LogP contribution in [0.2, 0.25) is 0 Å². The fourth-order valence-corrected chi connectivity index (χ4v) is 2.77. The summed E-state index contributed by atoms with van der Waals surface area (Å²) in [5, 5.41) is 21.9. The predicted molar refractivity (Wildman–Crippen MR) is 104 cm³/mol. The van der Waals surface area contributed by atoms with Gasteiger partial charge in [0.2, 0.25) is 0 Å². The van der Waals surface area contributed by atoms with Crippen molar-refractivity contribution in [2.24, 2.45) is 10.7 Å². The van der Waals surface area contributed by atoms with Gasteiger partial charge in [-0.05, 0) is 19.3 Å². The highest BCUT2D eigenvalue weighted by atomic mass is 32.1. The van der Waals surface area contributed by atoms with Gasteiger partial charge in [0.1, 0.15) is 0 Å². The molecule has 11 heteroatoms. The molecule has 10 nitrogen and oxygen atoms in total. The topological polar surface area (TPSA) is 140 Å². The molecule has 0 saturated carbocycles. The molecule has 0 amide bonds. The first-order chi connectivity index (χ1) is 12.5. The zero-order valence-electron chi connectivity index (χ0n) is 15.2. The first kappa shape index (κ1) is 21.6. The highest BCUT2D eigenvalue weighted by molar-refractivity contribution is 7.13. The molecule has 0 bridgehead atoms.